The lowest BCUT2D eigenvalue weighted by Crippen LogP contribution is -2.20. The Balaban J connectivity index is 2.25. The molecule has 2 heterocycles. The molecule has 0 spiro atoms. The van der Waals surface area contributed by atoms with Gasteiger partial charge >= 0.3 is 5.97 Å². The molecule has 7 heteroatoms. The van der Waals surface area contributed by atoms with Gasteiger partial charge in [0.2, 0.25) is 0 Å². The van der Waals surface area contributed by atoms with Gasteiger partial charge in [0.25, 0.3) is 0 Å². The molecule has 0 atom stereocenters. The second kappa shape index (κ2) is 4.45. The minimum absolute atomic E-state index is 0.375. The maximum atomic E-state index is 11.2. The maximum absolute atomic E-state index is 11.2. The van der Waals surface area contributed by atoms with E-state index in [0.717, 1.165) is 17.8 Å². The van der Waals surface area contributed by atoms with E-state index < -0.39 is 5.97 Å². The average Bonchev–Trinajstić information content (AvgIpc) is 2.82. The Kier molecular flexibility index (Phi) is 3.02. The summed E-state index contributed by atoms with van der Waals surface area (Å²) in [4.78, 5) is 11.2. The van der Waals surface area contributed by atoms with Crippen LogP contribution in [-0.2, 0) is 9.53 Å². The van der Waals surface area contributed by atoms with E-state index in [-0.39, 0.29) is 0 Å². The molecule has 1 aliphatic rings. The summed E-state index contributed by atoms with van der Waals surface area (Å²) in [6.07, 6.45) is 1.62. The van der Waals surface area contributed by atoms with Gasteiger partial charge in [0.15, 0.2) is 0 Å². The standard InChI is InChI=1S/C8H7N3O2S2/c1-13-8(12)7-4-6(10-15-11-7)5-2-3-14-9-5/h2-4,11H,1H3. The van der Waals surface area contributed by atoms with Crippen molar-refractivity contribution in [2.24, 2.45) is 4.40 Å². The highest BCUT2D eigenvalue weighted by atomic mass is 32.2. The minimum atomic E-state index is -0.412. The molecule has 1 aromatic rings. The number of carbonyl (C=O) groups is 1. The zero-order chi connectivity index (χ0) is 10.7. The molecule has 2 rings (SSSR count). The van der Waals surface area contributed by atoms with Crippen LogP contribution in [0.5, 0.6) is 0 Å². The third-order valence-corrected chi connectivity index (χ3v) is 2.85. The summed E-state index contributed by atoms with van der Waals surface area (Å²) < 4.78 is 15.6. The molecule has 1 aliphatic heterocycles. The molecule has 0 saturated heterocycles. The molecular weight excluding hydrogens is 234 g/mol. The molecule has 0 unspecified atom stereocenters. The monoisotopic (exact) mass is 241 g/mol. The quantitative estimate of drug-likeness (QED) is 0.621. The van der Waals surface area contributed by atoms with Gasteiger partial charge < -0.3 is 9.46 Å². The van der Waals surface area contributed by atoms with Gasteiger partial charge in [-0.1, -0.05) is 0 Å². The molecule has 0 radical (unpaired) electrons. The number of methoxy groups -OCH3 is 1. The van der Waals surface area contributed by atoms with Crippen LogP contribution < -0.4 is 4.72 Å². The first kappa shape index (κ1) is 10.2. The van der Waals surface area contributed by atoms with Gasteiger partial charge in [-0.2, -0.15) is 8.77 Å². The van der Waals surface area contributed by atoms with E-state index in [9.17, 15) is 4.79 Å². The maximum Gasteiger partial charge on any atom is 0.355 e. The first-order chi connectivity index (χ1) is 7.31. The van der Waals surface area contributed by atoms with E-state index in [1.165, 1.54) is 18.6 Å². The lowest BCUT2D eigenvalue weighted by atomic mass is 10.2. The van der Waals surface area contributed by atoms with Gasteiger partial charge in [-0.25, -0.2) is 4.79 Å². The zero-order valence-electron chi connectivity index (χ0n) is 7.76. The second-order valence-electron chi connectivity index (χ2n) is 2.60. The number of hydrogen-bond acceptors (Lipinski definition) is 7. The van der Waals surface area contributed by atoms with Crippen molar-refractivity contribution >= 4 is 35.3 Å². The molecule has 0 amide bonds. The van der Waals surface area contributed by atoms with Gasteiger partial charge in [0.05, 0.1) is 19.2 Å². The lowest BCUT2D eigenvalue weighted by molar-refractivity contribution is -0.136. The van der Waals surface area contributed by atoms with E-state index in [1.54, 1.807) is 6.08 Å². The molecule has 0 bridgehead atoms. The number of esters is 1. The number of ether oxygens (including phenoxy) is 1. The molecule has 1 N–H and O–H groups in total. The van der Waals surface area contributed by atoms with Crippen LogP contribution in [-0.4, -0.2) is 23.2 Å². The summed E-state index contributed by atoms with van der Waals surface area (Å²) in [6.45, 7) is 0. The summed E-state index contributed by atoms with van der Waals surface area (Å²) in [7, 11) is 1.34. The van der Waals surface area contributed by atoms with Crippen molar-refractivity contribution < 1.29 is 9.53 Å². The molecule has 15 heavy (non-hydrogen) atoms. The van der Waals surface area contributed by atoms with Crippen molar-refractivity contribution in [3.05, 3.63) is 28.9 Å². The largest absolute Gasteiger partial charge is 0.464 e. The zero-order valence-corrected chi connectivity index (χ0v) is 9.39. The Labute approximate surface area is 94.7 Å². The number of hydrogen-bond donors (Lipinski definition) is 1. The van der Waals surface area contributed by atoms with Crippen molar-refractivity contribution in [2.45, 2.75) is 0 Å². The fraction of sp³-hybridized carbons (Fsp3) is 0.125. The van der Waals surface area contributed by atoms with E-state index in [2.05, 4.69) is 18.2 Å². The fourth-order valence-electron chi connectivity index (χ4n) is 0.990. The predicted molar refractivity (Wildman–Crippen MR) is 59.5 cm³/mol. The molecule has 0 aliphatic carbocycles. The summed E-state index contributed by atoms with van der Waals surface area (Å²) >= 11 is 2.43. The minimum Gasteiger partial charge on any atom is -0.464 e. The summed E-state index contributed by atoms with van der Waals surface area (Å²) in [5.41, 5.74) is 1.80. The summed E-state index contributed by atoms with van der Waals surface area (Å²) in [6, 6.07) is 1.85. The molecule has 0 fully saturated rings. The second-order valence-corrected chi connectivity index (χ2v) is 3.84. The van der Waals surface area contributed by atoms with E-state index in [4.69, 9.17) is 0 Å². The van der Waals surface area contributed by atoms with Crippen LogP contribution in [0.4, 0.5) is 0 Å². The van der Waals surface area contributed by atoms with Crippen LogP contribution in [0, 0.1) is 0 Å². The SMILES string of the molecule is COC(=O)C1=CC(c2ccsn2)=NSN1. The molecule has 78 valence electrons. The number of aromatic nitrogens is 1. The molecule has 1 aromatic heterocycles. The van der Waals surface area contributed by atoms with Crippen LogP contribution in [0.2, 0.25) is 0 Å². The first-order valence-electron chi connectivity index (χ1n) is 4.02. The van der Waals surface area contributed by atoms with Crippen molar-refractivity contribution in [2.75, 3.05) is 7.11 Å². The third-order valence-electron chi connectivity index (χ3n) is 1.69. The predicted octanol–water partition coefficient (Wildman–Crippen LogP) is 1.16. The highest BCUT2D eigenvalue weighted by Crippen LogP contribution is 2.15. The van der Waals surface area contributed by atoms with Gasteiger partial charge in [0.1, 0.15) is 17.1 Å². The highest BCUT2D eigenvalue weighted by molar-refractivity contribution is 7.96. The van der Waals surface area contributed by atoms with Crippen LogP contribution in [0.15, 0.2) is 27.6 Å². The Morgan fingerprint density at radius 1 is 1.60 bits per heavy atom. The number of allylic oxidation sites excluding steroid dienone is 1. The number of nitrogens with zero attached hydrogens (tertiary/aromatic N) is 2. The van der Waals surface area contributed by atoms with Gasteiger partial charge in [0, 0.05) is 5.38 Å². The van der Waals surface area contributed by atoms with Crippen LogP contribution in [0.3, 0.4) is 0 Å². The Bertz CT molecular complexity index is 425. The molecule has 5 nitrogen and oxygen atoms in total. The van der Waals surface area contributed by atoms with E-state index >= 15 is 0 Å². The highest BCUT2D eigenvalue weighted by Gasteiger charge is 2.16. The van der Waals surface area contributed by atoms with Gasteiger partial charge in [-0.15, -0.1) is 0 Å². The fourth-order valence-corrected chi connectivity index (χ4v) is 2.04. The molecule has 0 aromatic carbocycles. The van der Waals surface area contributed by atoms with Crippen LogP contribution in [0.25, 0.3) is 0 Å². The van der Waals surface area contributed by atoms with E-state index in [0.29, 0.717) is 11.4 Å². The van der Waals surface area contributed by atoms with E-state index in [1.807, 2.05) is 11.4 Å². The topological polar surface area (TPSA) is 63.6 Å². The Hall–Kier alpha value is -1.34. The molecule has 0 saturated carbocycles. The average molecular weight is 241 g/mol. The summed E-state index contributed by atoms with van der Waals surface area (Å²) in [5, 5.41) is 1.86. The van der Waals surface area contributed by atoms with Crippen molar-refractivity contribution in [3.63, 3.8) is 0 Å². The number of carbonyl (C=O) groups excluding carboxylic acids is 1. The first-order valence-corrected chi connectivity index (χ1v) is 5.63. The number of nitrogens with one attached hydrogen (secondary N) is 1. The van der Waals surface area contributed by atoms with Crippen molar-refractivity contribution in [1.29, 1.82) is 0 Å². The number of rotatable bonds is 2. The third kappa shape index (κ3) is 2.18. The molecular formula is C8H7N3O2S2. The lowest BCUT2D eigenvalue weighted by Gasteiger charge is -2.10. The van der Waals surface area contributed by atoms with Crippen molar-refractivity contribution in [1.82, 2.24) is 9.10 Å². The van der Waals surface area contributed by atoms with Crippen LogP contribution in [0.1, 0.15) is 5.69 Å². The Morgan fingerprint density at radius 3 is 3.13 bits per heavy atom. The smallest absolute Gasteiger partial charge is 0.355 e. The summed E-state index contributed by atoms with van der Waals surface area (Å²) in [5.74, 6) is -0.412. The normalized spacial score (nSPS) is 15.0. The van der Waals surface area contributed by atoms with Crippen LogP contribution >= 0.6 is 23.7 Å². The Morgan fingerprint density at radius 2 is 2.47 bits per heavy atom. The van der Waals surface area contributed by atoms with Crippen molar-refractivity contribution in [3.8, 4) is 0 Å². The van der Waals surface area contributed by atoms with Gasteiger partial charge in [-0.05, 0) is 23.7 Å². The van der Waals surface area contributed by atoms with Gasteiger partial charge in [-0.3, -0.25) is 0 Å².